The molecule has 0 saturated carbocycles. The van der Waals surface area contributed by atoms with Crippen molar-refractivity contribution >= 4 is 28.7 Å². The van der Waals surface area contributed by atoms with Gasteiger partial charge in [-0.2, -0.15) is 5.10 Å². The molecule has 3 aromatic rings. The van der Waals surface area contributed by atoms with Gasteiger partial charge < -0.3 is 9.47 Å². The first-order valence-electron chi connectivity index (χ1n) is 8.36. The van der Waals surface area contributed by atoms with Crippen molar-refractivity contribution in [1.82, 2.24) is 14.8 Å². The van der Waals surface area contributed by atoms with Gasteiger partial charge in [-0.15, -0.1) is 0 Å². The second-order valence-electron chi connectivity index (χ2n) is 6.15. The average Bonchev–Trinajstić information content (AvgIpc) is 3.25. The summed E-state index contributed by atoms with van der Waals surface area (Å²) in [4.78, 5) is 15.7. The van der Waals surface area contributed by atoms with E-state index in [-0.39, 0.29) is 12.4 Å². The molecule has 0 radical (unpaired) electrons. The number of carbonyl (C=O) groups excluding carboxylic acids is 1. The van der Waals surface area contributed by atoms with E-state index < -0.39 is 17.0 Å². The molecule has 1 fully saturated rings. The molecular weight excluding hydrogens is 405 g/mol. The molecule has 1 saturated heterocycles. The molecule has 1 aromatic heterocycles. The highest BCUT2D eigenvalue weighted by Gasteiger charge is 2.61. The summed E-state index contributed by atoms with van der Waals surface area (Å²) in [6.45, 7) is 0.156. The van der Waals surface area contributed by atoms with Crippen molar-refractivity contribution < 1.29 is 18.7 Å². The van der Waals surface area contributed by atoms with Crippen LogP contribution in [0.1, 0.15) is 17.2 Å². The molecule has 0 N–H and O–H groups in total. The van der Waals surface area contributed by atoms with Gasteiger partial charge in [0.15, 0.2) is 5.16 Å². The van der Waals surface area contributed by atoms with E-state index >= 15 is 0 Å². The van der Waals surface area contributed by atoms with Crippen LogP contribution in [0.2, 0.25) is 5.02 Å². The number of halogens is 2. The molecule has 6 nitrogen and oxygen atoms in total. The molecule has 0 aliphatic carbocycles. The molecule has 2 heterocycles. The average molecular weight is 420 g/mol. The van der Waals surface area contributed by atoms with Crippen molar-refractivity contribution in [3.63, 3.8) is 0 Å². The zero-order valence-corrected chi connectivity index (χ0v) is 16.3. The first-order valence-corrected chi connectivity index (χ1v) is 9.55. The summed E-state index contributed by atoms with van der Waals surface area (Å²) in [5.41, 5.74) is 0.134. The van der Waals surface area contributed by atoms with Crippen molar-refractivity contribution in [1.29, 1.82) is 0 Å². The Labute approximate surface area is 169 Å². The largest absolute Gasteiger partial charge is 0.461 e. The summed E-state index contributed by atoms with van der Waals surface area (Å²) >= 11 is 7.14. The van der Waals surface area contributed by atoms with Crippen molar-refractivity contribution in [2.24, 2.45) is 0 Å². The minimum absolute atomic E-state index is 0.156. The molecule has 1 aliphatic heterocycles. The highest BCUT2D eigenvalue weighted by atomic mass is 35.5. The first kappa shape index (κ1) is 18.9. The number of hydrogen-bond donors (Lipinski definition) is 0. The van der Waals surface area contributed by atoms with Gasteiger partial charge in [0, 0.05) is 27.9 Å². The SMILES string of the molecule is COC(=O)Sc1ncnn1C[C@]1(c2ccccc2F)O[C@@H]1c1ccccc1Cl. The van der Waals surface area contributed by atoms with Gasteiger partial charge in [-0.3, -0.25) is 0 Å². The number of nitrogens with zero attached hydrogens (tertiary/aromatic N) is 3. The number of hydrogen-bond acceptors (Lipinski definition) is 6. The van der Waals surface area contributed by atoms with Gasteiger partial charge in [-0.1, -0.05) is 48.0 Å². The monoisotopic (exact) mass is 419 g/mol. The Kier molecular flexibility index (Phi) is 5.09. The fraction of sp³-hybridized carbons (Fsp3) is 0.211. The normalized spacial score (nSPS) is 20.8. The van der Waals surface area contributed by atoms with E-state index in [4.69, 9.17) is 16.3 Å². The van der Waals surface area contributed by atoms with Gasteiger partial charge in [0.05, 0.1) is 13.7 Å². The topological polar surface area (TPSA) is 69.5 Å². The quantitative estimate of drug-likeness (QED) is 0.342. The fourth-order valence-electron chi connectivity index (χ4n) is 3.17. The zero-order chi connectivity index (χ0) is 19.7. The number of rotatable bonds is 5. The van der Waals surface area contributed by atoms with E-state index in [1.54, 1.807) is 24.3 Å². The van der Waals surface area contributed by atoms with E-state index in [2.05, 4.69) is 14.8 Å². The maximum atomic E-state index is 14.7. The lowest BCUT2D eigenvalue weighted by Crippen LogP contribution is -2.22. The second kappa shape index (κ2) is 7.54. The molecule has 9 heteroatoms. The molecule has 4 rings (SSSR count). The molecular formula is C19H15ClFN3O3S. The third-order valence-corrected chi connectivity index (χ3v) is 5.69. The van der Waals surface area contributed by atoms with Crippen LogP contribution in [-0.2, 0) is 21.6 Å². The van der Waals surface area contributed by atoms with Crippen molar-refractivity contribution in [3.05, 3.63) is 76.8 Å². The summed E-state index contributed by atoms with van der Waals surface area (Å²) in [6, 6.07) is 13.7. The number of thioether (sulfide) groups is 1. The number of ether oxygens (including phenoxy) is 2. The lowest BCUT2D eigenvalue weighted by atomic mass is 9.91. The highest BCUT2D eigenvalue weighted by Crippen LogP contribution is 2.59. The lowest BCUT2D eigenvalue weighted by molar-refractivity contribution is 0.200. The maximum absolute atomic E-state index is 14.7. The number of aromatic nitrogens is 3. The molecule has 28 heavy (non-hydrogen) atoms. The predicted octanol–water partition coefficient (Wildman–Crippen LogP) is 4.60. The van der Waals surface area contributed by atoms with E-state index in [0.717, 1.165) is 17.3 Å². The Morgan fingerprint density at radius 2 is 2.07 bits per heavy atom. The van der Waals surface area contributed by atoms with Gasteiger partial charge in [0.1, 0.15) is 23.8 Å². The third kappa shape index (κ3) is 3.39. The smallest absolute Gasteiger partial charge is 0.374 e. The van der Waals surface area contributed by atoms with Gasteiger partial charge in [0.25, 0.3) is 0 Å². The summed E-state index contributed by atoms with van der Waals surface area (Å²) in [7, 11) is 1.29. The molecule has 2 atom stereocenters. The minimum atomic E-state index is -1.02. The van der Waals surface area contributed by atoms with Crippen LogP contribution in [0.4, 0.5) is 9.18 Å². The number of methoxy groups -OCH3 is 1. The van der Waals surface area contributed by atoms with E-state index in [1.165, 1.54) is 24.2 Å². The zero-order valence-electron chi connectivity index (χ0n) is 14.7. The van der Waals surface area contributed by atoms with E-state index in [1.807, 2.05) is 18.2 Å². The van der Waals surface area contributed by atoms with Crippen LogP contribution in [0.3, 0.4) is 0 Å². The van der Waals surface area contributed by atoms with Crippen LogP contribution in [0, 0.1) is 5.82 Å². The Balaban J connectivity index is 1.73. The van der Waals surface area contributed by atoms with Crippen molar-refractivity contribution in [2.75, 3.05) is 7.11 Å². The standard InChI is InChI=1S/C19H15ClFN3O3S/c1-26-18(25)28-17-22-11-23-24(17)10-19(13-7-3-5-9-15(13)21)16(27-19)12-6-2-4-8-14(12)20/h2-9,11,16H,10H2,1H3/t16-,19-/m1/s1. The summed E-state index contributed by atoms with van der Waals surface area (Å²) < 4.78 is 26.9. The highest BCUT2D eigenvalue weighted by molar-refractivity contribution is 8.13. The molecule has 144 valence electrons. The van der Waals surface area contributed by atoms with Crippen LogP contribution in [0.25, 0.3) is 0 Å². The summed E-state index contributed by atoms with van der Waals surface area (Å²) in [6.07, 6.45) is 0.867. The van der Waals surface area contributed by atoms with Crippen LogP contribution in [0.5, 0.6) is 0 Å². The van der Waals surface area contributed by atoms with Gasteiger partial charge in [-0.05, 0) is 12.1 Å². The van der Waals surface area contributed by atoms with Crippen molar-refractivity contribution in [2.45, 2.75) is 23.4 Å². The summed E-state index contributed by atoms with van der Waals surface area (Å²) in [5.74, 6) is -0.390. The van der Waals surface area contributed by atoms with Gasteiger partial charge in [0.2, 0.25) is 0 Å². The van der Waals surface area contributed by atoms with Gasteiger partial charge >= 0.3 is 5.30 Å². The van der Waals surface area contributed by atoms with E-state index in [9.17, 15) is 9.18 Å². The number of epoxide rings is 1. The fourth-order valence-corrected chi connectivity index (χ4v) is 3.96. The second-order valence-corrected chi connectivity index (χ2v) is 7.45. The Bertz CT molecular complexity index is 1030. The maximum Gasteiger partial charge on any atom is 0.374 e. The predicted molar refractivity (Wildman–Crippen MR) is 102 cm³/mol. The van der Waals surface area contributed by atoms with E-state index in [0.29, 0.717) is 15.7 Å². The first-order chi connectivity index (χ1) is 13.5. The van der Waals surface area contributed by atoms with Crippen LogP contribution in [-0.4, -0.2) is 27.2 Å². The van der Waals surface area contributed by atoms with Crippen LogP contribution >= 0.6 is 23.4 Å². The third-order valence-electron chi connectivity index (χ3n) is 4.52. The number of benzene rings is 2. The van der Waals surface area contributed by atoms with Crippen LogP contribution in [0.15, 0.2) is 60.0 Å². The minimum Gasteiger partial charge on any atom is -0.461 e. The summed E-state index contributed by atoms with van der Waals surface area (Å²) in [5, 5.41) is 4.52. The van der Waals surface area contributed by atoms with Crippen molar-refractivity contribution in [3.8, 4) is 0 Å². The Hall–Kier alpha value is -2.42. The molecule has 0 unspecified atom stereocenters. The Morgan fingerprint density at radius 3 is 2.82 bits per heavy atom. The molecule has 2 aromatic carbocycles. The number of carbonyl (C=O) groups is 1. The van der Waals surface area contributed by atoms with Gasteiger partial charge in [-0.25, -0.2) is 18.9 Å². The molecule has 1 aliphatic rings. The van der Waals surface area contributed by atoms with Crippen LogP contribution < -0.4 is 0 Å². The Morgan fingerprint density at radius 1 is 1.32 bits per heavy atom. The molecule has 0 bridgehead atoms. The molecule has 0 spiro atoms. The lowest BCUT2D eigenvalue weighted by Gasteiger charge is -2.16. The molecule has 0 amide bonds.